The van der Waals surface area contributed by atoms with Crippen LogP contribution in [0.5, 0.6) is 23.0 Å². The number of hydrogen-bond acceptors (Lipinski definition) is 8. The maximum absolute atomic E-state index is 12.0. The molecule has 0 aromatic heterocycles. The molecule has 0 spiro atoms. The molecule has 0 unspecified atom stereocenters. The molecule has 1 heterocycles. The van der Waals surface area contributed by atoms with E-state index in [9.17, 15) is 14.4 Å². The second-order valence-corrected chi connectivity index (χ2v) is 6.71. The van der Waals surface area contributed by atoms with Gasteiger partial charge in [0.1, 0.15) is 13.2 Å². The van der Waals surface area contributed by atoms with Crippen LogP contribution >= 0.6 is 0 Å². The number of aryl methyl sites for hydroxylation is 1. The smallest absolute Gasteiger partial charge is 0.325 e. The van der Waals surface area contributed by atoms with Gasteiger partial charge in [0.15, 0.2) is 29.6 Å². The number of fused-ring (bicyclic) bond motifs is 1. The van der Waals surface area contributed by atoms with E-state index >= 15 is 0 Å². The number of methoxy groups -OCH3 is 2. The Balaban J connectivity index is 1.39. The zero-order valence-corrected chi connectivity index (χ0v) is 17.8. The Kier molecular flexibility index (Phi) is 7.74. The quantitative estimate of drug-likeness (QED) is 0.595. The molecule has 0 aliphatic carbocycles. The second-order valence-electron chi connectivity index (χ2n) is 6.71. The summed E-state index contributed by atoms with van der Waals surface area (Å²) in [6, 6.07) is 9.43. The summed E-state index contributed by atoms with van der Waals surface area (Å²) in [5, 5.41) is 4.61. The Bertz CT molecular complexity index is 992. The summed E-state index contributed by atoms with van der Waals surface area (Å²) >= 11 is 0. The van der Waals surface area contributed by atoms with Crippen molar-refractivity contribution >= 4 is 23.6 Å². The van der Waals surface area contributed by atoms with Gasteiger partial charge < -0.3 is 29.0 Å². The van der Waals surface area contributed by atoms with Crippen molar-refractivity contribution < 1.29 is 38.1 Å². The van der Waals surface area contributed by atoms with Crippen molar-refractivity contribution in [1.82, 2.24) is 5.32 Å². The highest BCUT2D eigenvalue weighted by Gasteiger charge is 2.15. The van der Waals surface area contributed by atoms with Gasteiger partial charge in [-0.05, 0) is 36.2 Å². The minimum Gasteiger partial charge on any atom is -0.493 e. The summed E-state index contributed by atoms with van der Waals surface area (Å²) < 4.78 is 26.2. The van der Waals surface area contributed by atoms with Gasteiger partial charge in [0.25, 0.3) is 5.91 Å². The molecular weight excluding hydrogens is 420 g/mol. The molecule has 32 heavy (non-hydrogen) atoms. The molecule has 1 aliphatic heterocycles. The van der Waals surface area contributed by atoms with E-state index in [0.29, 0.717) is 48.3 Å². The van der Waals surface area contributed by atoms with Crippen LogP contribution in [0, 0.1) is 0 Å². The molecule has 0 saturated heterocycles. The number of amides is 3. The average Bonchev–Trinajstić information content (AvgIpc) is 2.81. The molecule has 2 aromatic carbocycles. The zero-order valence-electron chi connectivity index (χ0n) is 17.8. The molecule has 0 fully saturated rings. The molecule has 0 bridgehead atoms. The number of nitrogens with one attached hydrogen (secondary N) is 2. The fourth-order valence-electron chi connectivity index (χ4n) is 2.95. The first kappa shape index (κ1) is 22.7. The maximum Gasteiger partial charge on any atom is 0.325 e. The van der Waals surface area contributed by atoms with E-state index in [0.717, 1.165) is 5.56 Å². The molecule has 0 radical (unpaired) electrons. The van der Waals surface area contributed by atoms with Gasteiger partial charge in [0, 0.05) is 18.2 Å². The molecule has 3 amide bonds. The van der Waals surface area contributed by atoms with Crippen LogP contribution in [-0.2, 0) is 20.7 Å². The average molecular weight is 444 g/mol. The number of carbonyl (C=O) groups is 3. The zero-order chi connectivity index (χ0) is 22.9. The van der Waals surface area contributed by atoms with Crippen molar-refractivity contribution in [2.75, 3.05) is 39.4 Å². The SMILES string of the molecule is COc1ccc(CCC(=O)OCC(=O)NC(=O)Nc2ccc3c(c2)OCCO3)cc1OC. The largest absolute Gasteiger partial charge is 0.493 e. The Morgan fingerprint density at radius 1 is 0.938 bits per heavy atom. The minimum atomic E-state index is -0.756. The second kappa shape index (κ2) is 10.9. The topological polar surface area (TPSA) is 121 Å². The van der Waals surface area contributed by atoms with Crippen LogP contribution in [0.25, 0.3) is 0 Å². The lowest BCUT2D eigenvalue weighted by Crippen LogP contribution is -2.37. The molecule has 10 nitrogen and oxygen atoms in total. The molecule has 0 saturated carbocycles. The molecule has 10 heteroatoms. The fraction of sp³-hybridized carbons (Fsp3) is 0.318. The van der Waals surface area contributed by atoms with Crippen LogP contribution < -0.4 is 29.6 Å². The van der Waals surface area contributed by atoms with Crippen molar-refractivity contribution in [3.63, 3.8) is 0 Å². The van der Waals surface area contributed by atoms with Gasteiger partial charge >= 0.3 is 12.0 Å². The number of urea groups is 1. The number of esters is 1. The van der Waals surface area contributed by atoms with E-state index in [2.05, 4.69) is 10.6 Å². The summed E-state index contributed by atoms with van der Waals surface area (Å²) in [5.41, 5.74) is 1.27. The highest BCUT2D eigenvalue weighted by atomic mass is 16.6. The van der Waals surface area contributed by atoms with Gasteiger partial charge in [-0.1, -0.05) is 6.07 Å². The third kappa shape index (κ3) is 6.27. The highest BCUT2D eigenvalue weighted by molar-refractivity contribution is 6.02. The number of carbonyl (C=O) groups excluding carboxylic acids is 3. The number of anilines is 1. The minimum absolute atomic E-state index is 0.0617. The van der Waals surface area contributed by atoms with Gasteiger partial charge in [0.2, 0.25) is 0 Å². The van der Waals surface area contributed by atoms with E-state index in [1.54, 1.807) is 30.3 Å². The molecule has 1 aliphatic rings. The van der Waals surface area contributed by atoms with Crippen molar-refractivity contribution in [3.05, 3.63) is 42.0 Å². The van der Waals surface area contributed by atoms with E-state index in [1.807, 2.05) is 6.07 Å². The Hall–Kier alpha value is -3.95. The fourth-order valence-corrected chi connectivity index (χ4v) is 2.95. The monoisotopic (exact) mass is 444 g/mol. The molecule has 2 N–H and O–H groups in total. The summed E-state index contributed by atoms with van der Waals surface area (Å²) in [6.07, 6.45) is 0.456. The lowest BCUT2D eigenvalue weighted by Gasteiger charge is -2.19. The first-order chi connectivity index (χ1) is 15.5. The van der Waals surface area contributed by atoms with Gasteiger partial charge in [0.05, 0.1) is 14.2 Å². The van der Waals surface area contributed by atoms with Crippen molar-refractivity contribution in [3.8, 4) is 23.0 Å². The van der Waals surface area contributed by atoms with Crippen LogP contribution in [0.3, 0.4) is 0 Å². The number of hydrogen-bond donors (Lipinski definition) is 2. The van der Waals surface area contributed by atoms with Crippen molar-refractivity contribution in [2.45, 2.75) is 12.8 Å². The van der Waals surface area contributed by atoms with Crippen molar-refractivity contribution in [2.24, 2.45) is 0 Å². The molecule has 0 atom stereocenters. The van der Waals surface area contributed by atoms with Gasteiger partial charge in [-0.3, -0.25) is 14.9 Å². The predicted octanol–water partition coefficient (Wildman–Crippen LogP) is 2.30. The summed E-state index contributed by atoms with van der Waals surface area (Å²) in [6.45, 7) is 0.305. The normalized spacial score (nSPS) is 11.8. The first-order valence-electron chi connectivity index (χ1n) is 9.85. The number of benzene rings is 2. The molecule has 2 aromatic rings. The van der Waals surface area contributed by atoms with Crippen LogP contribution in [0.1, 0.15) is 12.0 Å². The Labute approximate surface area is 184 Å². The summed E-state index contributed by atoms with van der Waals surface area (Å²) in [5.74, 6) is 0.913. The van der Waals surface area contributed by atoms with Gasteiger partial charge in [-0.15, -0.1) is 0 Å². The standard InChI is InChI=1S/C22H24N2O8/c1-28-16-6-3-14(11-18(16)29-2)4-8-21(26)32-13-20(25)24-22(27)23-15-5-7-17-19(12-15)31-10-9-30-17/h3,5-7,11-12H,4,8-10,13H2,1-2H3,(H2,23,24,25,27). The Morgan fingerprint density at radius 2 is 1.69 bits per heavy atom. The number of imide groups is 1. The highest BCUT2D eigenvalue weighted by Crippen LogP contribution is 2.32. The molecular formula is C22H24N2O8. The van der Waals surface area contributed by atoms with Crippen LogP contribution in [0.15, 0.2) is 36.4 Å². The van der Waals surface area contributed by atoms with E-state index < -0.39 is 24.5 Å². The first-order valence-corrected chi connectivity index (χ1v) is 9.85. The summed E-state index contributed by atoms with van der Waals surface area (Å²) in [4.78, 5) is 35.8. The molecule has 170 valence electrons. The third-order valence-corrected chi connectivity index (χ3v) is 4.48. The lowest BCUT2D eigenvalue weighted by atomic mass is 10.1. The van der Waals surface area contributed by atoms with E-state index in [4.69, 9.17) is 23.7 Å². The van der Waals surface area contributed by atoms with Crippen LogP contribution in [0.2, 0.25) is 0 Å². The van der Waals surface area contributed by atoms with E-state index in [1.165, 1.54) is 14.2 Å². The predicted molar refractivity (Wildman–Crippen MR) is 113 cm³/mol. The number of ether oxygens (including phenoxy) is 5. The van der Waals surface area contributed by atoms with Crippen molar-refractivity contribution in [1.29, 1.82) is 0 Å². The summed E-state index contributed by atoms with van der Waals surface area (Å²) in [7, 11) is 3.06. The number of rotatable bonds is 8. The van der Waals surface area contributed by atoms with E-state index in [-0.39, 0.29) is 6.42 Å². The van der Waals surface area contributed by atoms with Gasteiger partial charge in [-0.25, -0.2) is 4.79 Å². The maximum atomic E-state index is 12.0. The third-order valence-electron chi connectivity index (χ3n) is 4.48. The molecule has 3 rings (SSSR count). The lowest BCUT2D eigenvalue weighted by molar-refractivity contribution is -0.148. The van der Waals surface area contributed by atoms with Crippen LogP contribution in [-0.4, -0.2) is 51.9 Å². The van der Waals surface area contributed by atoms with Crippen LogP contribution in [0.4, 0.5) is 10.5 Å². The Morgan fingerprint density at radius 3 is 2.44 bits per heavy atom. The van der Waals surface area contributed by atoms with Gasteiger partial charge in [-0.2, -0.15) is 0 Å².